The minimum Gasteiger partial charge on any atom is -0.338 e. The maximum absolute atomic E-state index is 11.3. The van der Waals surface area contributed by atoms with Gasteiger partial charge in [-0.2, -0.15) is 0 Å². The number of nitrogens with one attached hydrogen (secondary N) is 2. The number of carbonyl (C=O) groups excluding carboxylic acids is 1. The molecule has 0 aromatic carbocycles. The number of anilines is 1. The molecule has 0 radical (unpaired) electrons. The first-order valence-corrected chi connectivity index (χ1v) is 6.03. The molecule has 16 heavy (non-hydrogen) atoms. The molecule has 2 heterocycles. The molecule has 2 amide bonds. The van der Waals surface area contributed by atoms with E-state index in [1.165, 1.54) is 11.3 Å². The predicted octanol–water partition coefficient (Wildman–Crippen LogP) is 0.516. The van der Waals surface area contributed by atoms with E-state index in [1.807, 2.05) is 6.92 Å². The Morgan fingerprint density at radius 3 is 3.25 bits per heavy atom. The van der Waals surface area contributed by atoms with E-state index < -0.39 is 0 Å². The number of thiazole rings is 1. The molecule has 6 nitrogen and oxygen atoms in total. The van der Waals surface area contributed by atoms with Crippen LogP contribution in [0, 0.1) is 0 Å². The number of nitrogens with zero attached hydrogens (tertiary/aromatic N) is 2. The summed E-state index contributed by atoms with van der Waals surface area (Å²) in [5.74, 6) is 5.72. The van der Waals surface area contributed by atoms with Gasteiger partial charge in [-0.25, -0.2) is 14.8 Å². The first kappa shape index (κ1) is 11.3. The number of nitrogens with two attached hydrogens (primary N) is 1. The largest absolute Gasteiger partial charge is 0.338 e. The van der Waals surface area contributed by atoms with Gasteiger partial charge in [0.1, 0.15) is 0 Å². The molecule has 1 aromatic heterocycles. The molecule has 0 aliphatic carbocycles. The van der Waals surface area contributed by atoms with Gasteiger partial charge >= 0.3 is 6.03 Å². The second-order valence-corrected chi connectivity index (χ2v) is 4.68. The highest BCUT2D eigenvalue weighted by atomic mass is 32.1. The van der Waals surface area contributed by atoms with Gasteiger partial charge in [0, 0.05) is 30.9 Å². The Bertz CT molecular complexity index is 391. The van der Waals surface area contributed by atoms with Crippen molar-refractivity contribution in [3.63, 3.8) is 0 Å². The number of hydrogen-bond donors (Lipinski definition) is 3. The quantitative estimate of drug-likeness (QED) is 0.659. The smallest absolute Gasteiger partial charge is 0.321 e. The van der Waals surface area contributed by atoms with Gasteiger partial charge in [0.25, 0.3) is 0 Å². The summed E-state index contributed by atoms with van der Waals surface area (Å²) in [6.07, 6.45) is 0.847. The van der Waals surface area contributed by atoms with Crippen molar-refractivity contribution in [2.24, 2.45) is 5.84 Å². The Balaban J connectivity index is 2.04. The fraction of sp³-hybridized carbons (Fsp3) is 0.556. The van der Waals surface area contributed by atoms with Gasteiger partial charge in [0.15, 0.2) is 5.13 Å². The normalized spacial score (nSPS) is 15.6. The summed E-state index contributed by atoms with van der Waals surface area (Å²) in [7, 11) is 0. The van der Waals surface area contributed by atoms with Gasteiger partial charge in [0.05, 0.1) is 5.69 Å². The first-order valence-electron chi connectivity index (χ1n) is 5.22. The van der Waals surface area contributed by atoms with Crippen molar-refractivity contribution in [3.05, 3.63) is 10.6 Å². The summed E-state index contributed by atoms with van der Waals surface area (Å²) < 4.78 is 0. The number of hydrazine groups is 1. The summed E-state index contributed by atoms with van der Waals surface area (Å²) in [5.41, 5.74) is 1.05. The highest BCUT2D eigenvalue weighted by Crippen LogP contribution is 2.26. The SMILES string of the molecule is CCNC(=O)Nc1nc2c(s1)CN(N)CC2. The molecule has 0 unspecified atom stereocenters. The number of hydrogen-bond acceptors (Lipinski definition) is 5. The number of carbonyl (C=O) groups is 1. The van der Waals surface area contributed by atoms with E-state index in [-0.39, 0.29) is 6.03 Å². The average molecular weight is 241 g/mol. The third-order valence-corrected chi connectivity index (χ3v) is 3.32. The van der Waals surface area contributed by atoms with Crippen LogP contribution >= 0.6 is 11.3 Å². The van der Waals surface area contributed by atoms with Crippen molar-refractivity contribution in [2.45, 2.75) is 19.9 Å². The fourth-order valence-corrected chi connectivity index (χ4v) is 2.60. The Morgan fingerprint density at radius 2 is 2.50 bits per heavy atom. The third kappa shape index (κ3) is 2.49. The molecule has 0 spiro atoms. The molecule has 1 aromatic rings. The Labute approximate surface area is 97.8 Å². The van der Waals surface area contributed by atoms with Crippen LogP contribution in [-0.4, -0.2) is 29.1 Å². The summed E-state index contributed by atoms with van der Waals surface area (Å²) in [6, 6.07) is -0.210. The van der Waals surface area contributed by atoms with Gasteiger partial charge in [0.2, 0.25) is 0 Å². The summed E-state index contributed by atoms with van der Waals surface area (Å²) in [5, 5.41) is 7.78. The molecule has 0 fully saturated rings. The third-order valence-electron chi connectivity index (χ3n) is 2.32. The first-order chi connectivity index (χ1) is 7.69. The zero-order valence-corrected chi connectivity index (χ0v) is 9.93. The van der Waals surface area contributed by atoms with Crippen LogP contribution in [-0.2, 0) is 13.0 Å². The lowest BCUT2D eigenvalue weighted by molar-refractivity contribution is 0.252. The molecule has 88 valence electrons. The minimum absolute atomic E-state index is 0.210. The Morgan fingerprint density at radius 1 is 1.69 bits per heavy atom. The second-order valence-electron chi connectivity index (χ2n) is 3.59. The highest BCUT2D eigenvalue weighted by Gasteiger charge is 2.19. The fourth-order valence-electron chi connectivity index (χ4n) is 1.57. The standard InChI is InChI=1S/C9H15N5OS/c1-2-11-8(15)13-9-12-6-3-4-14(10)5-7(6)16-9/h2-5,10H2,1H3,(H2,11,12,13,15). The molecule has 7 heteroatoms. The van der Waals surface area contributed by atoms with Crippen molar-refractivity contribution >= 4 is 22.5 Å². The molecular weight excluding hydrogens is 226 g/mol. The van der Waals surface area contributed by atoms with Crippen LogP contribution in [0.3, 0.4) is 0 Å². The zero-order valence-electron chi connectivity index (χ0n) is 9.12. The summed E-state index contributed by atoms with van der Waals surface area (Å²) in [4.78, 5) is 16.8. The van der Waals surface area contributed by atoms with Crippen LogP contribution in [0.1, 0.15) is 17.5 Å². The lowest BCUT2D eigenvalue weighted by atomic mass is 10.2. The minimum atomic E-state index is -0.210. The van der Waals surface area contributed by atoms with E-state index in [1.54, 1.807) is 5.01 Å². The second kappa shape index (κ2) is 4.77. The number of urea groups is 1. The molecular formula is C9H15N5OS. The van der Waals surface area contributed by atoms with Gasteiger partial charge in [-0.1, -0.05) is 11.3 Å². The number of fused-ring (bicyclic) bond motifs is 1. The lowest BCUT2D eigenvalue weighted by Gasteiger charge is -2.19. The van der Waals surface area contributed by atoms with E-state index in [9.17, 15) is 4.79 Å². The van der Waals surface area contributed by atoms with Crippen LogP contribution in [0.5, 0.6) is 0 Å². The predicted molar refractivity (Wildman–Crippen MR) is 63.1 cm³/mol. The molecule has 1 aliphatic rings. The highest BCUT2D eigenvalue weighted by molar-refractivity contribution is 7.15. The van der Waals surface area contributed by atoms with Gasteiger partial charge in [-0.15, -0.1) is 0 Å². The van der Waals surface area contributed by atoms with Gasteiger partial charge in [-0.3, -0.25) is 11.2 Å². The Kier molecular flexibility index (Phi) is 3.37. The van der Waals surface area contributed by atoms with E-state index in [0.717, 1.165) is 23.5 Å². The van der Waals surface area contributed by atoms with Crippen molar-refractivity contribution in [1.82, 2.24) is 15.3 Å². The maximum atomic E-state index is 11.3. The average Bonchev–Trinajstić information content (AvgIpc) is 2.59. The molecule has 0 bridgehead atoms. The number of rotatable bonds is 2. The molecule has 0 saturated carbocycles. The van der Waals surface area contributed by atoms with Crippen LogP contribution in [0.2, 0.25) is 0 Å². The zero-order chi connectivity index (χ0) is 11.5. The molecule has 4 N–H and O–H groups in total. The summed E-state index contributed by atoms with van der Waals surface area (Å²) >= 11 is 1.49. The van der Waals surface area contributed by atoms with E-state index in [2.05, 4.69) is 15.6 Å². The number of aromatic nitrogens is 1. The van der Waals surface area contributed by atoms with Crippen molar-refractivity contribution < 1.29 is 4.79 Å². The monoisotopic (exact) mass is 241 g/mol. The van der Waals surface area contributed by atoms with E-state index in [4.69, 9.17) is 5.84 Å². The number of amides is 2. The van der Waals surface area contributed by atoms with E-state index in [0.29, 0.717) is 18.2 Å². The van der Waals surface area contributed by atoms with Gasteiger partial charge < -0.3 is 5.32 Å². The molecule has 0 saturated heterocycles. The molecule has 1 aliphatic heterocycles. The van der Waals surface area contributed by atoms with Crippen LogP contribution in [0.15, 0.2) is 0 Å². The van der Waals surface area contributed by atoms with Crippen LogP contribution < -0.4 is 16.5 Å². The molecule has 0 atom stereocenters. The van der Waals surface area contributed by atoms with Crippen molar-refractivity contribution in [2.75, 3.05) is 18.4 Å². The van der Waals surface area contributed by atoms with Gasteiger partial charge in [-0.05, 0) is 6.92 Å². The lowest BCUT2D eigenvalue weighted by Crippen LogP contribution is -2.35. The van der Waals surface area contributed by atoms with Crippen LogP contribution in [0.25, 0.3) is 0 Å². The summed E-state index contributed by atoms with van der Waals surface area (Å²) in [6.45, 7) is 4.01. The van der Waals surface area contributed by atoms with Crippen LogP contribution in [0.4, 0.5) is 9.93 Å². The molecule has 2 rings (SSSR count). The van der Waals surface area contributed by atoms with E-state index >= 15 is 0 Å². The van der Waals surface area contributed by atoms with Crippen molar-refractivity contribution in [1.29, 1.82) is 0 Å². The van der Waals surface area contributed by atoms with Crippen molar-refractivity contribution in [3.8, 4) is 0 Å². The topological polar surface area (TPSA) is 83.3 Å². The Hall–Kier alpha value is -1.18. The maximum Gasteiger partial charge on any atom is 0.321 e.